The van der Waals surface area contributed by atoms with Gasteiger partial charge in [0.05, 0.1) is 5.60 Å². The second-order valence-corrected chi connectivity index (χ2v) is 6.42. The van der Waals surface area contributed by atoms with Crippen molar-refractivity contribution in [1.82, 2.24) is 10.5 Å². The number of ether oxygens (including phenoxy) is 1. The standard InChI is InChI=1S/C16H18N2O3S/c1-20-16(7-8-22-11-16)10-17-15(19)13-9-14(21-18-13)12-5-3-2-4-6-12/h2-6,9H,7-8,10-11H2,1H3,(H,17,19)/t16-/m0/s1. The van der Waals surface area contributed by atoms with Gasteiger partial charge in [-0.25, -0.2) is 0 Å². The molecular weight excluding hydrogens is 300 g/mol. The molecule has 0 saturated carbocycles. The summed E-state index contributed by atoms with van der Waals surface area (Å²) in [6, 6.07) is 11.2. The summed E-state index contributed by atoms with van der Waals surface area (Å²) in [4.78, 5) is 12.2. The van der Waals surface area contributed by atoms with Gasteiger partial charge in [0.25, 0.3) is 5.91 Å². The molecule has 0 unspecified atom stereocenters. The number of benzene rings is 1. The van der Waals surface area contributed by atoms with Crippen molar-refractivity contribution in [3.05, 3.63) is 42.1 Å². The van der Waals surface area contributed by atoms with E-state index in [2.05, 4.69) is 10.5 Å². The zero-order chi connectivity index (χ0) is 15.4. The molecule has 5 nitrogen and oxygen atoms in total. The first-order valence-corrected chi connectivity index (χ1v) is 8.31. The van der Waals surface area contributed by atoms with Gasteiger partial charge in [-0.1, -0.05) is 35.5 Å². The van der Waals surface area contributed by atoms with E-state index in [0.29, 0.717) is 12.3 Å². The quantitative estimate of drug-likeness (QED) is 0.918. The Morgan fingerprint density at radius 2 is 2.27 bits per heavy atom. The molecule has 0 aliphatic carbocycles. The summed E-state index contributed by atoms with van der Waals surface area (Å²) < 4.78 is 10.8. The summed E-state index contributed by atoms with van der Waals surface area (Å²) in [5, 5.41) is 6.75. The third-order valence-corrected chi connectivity index (χ3v) is 5.10. The second kappa shape index (κ2) is 6.54. The Morgan fingerprint density at radius 1 is 1.45 bits per heavy atom. The van der Waals surface area contributed by atoms with E-state index in [0.717, 1.165) is 23.5 Å². The van der Waals surface area contributed by atoms with Gasteiger partial charge in [0.1, 0.15) is 0 Å². The molecule has 1 aliphatic rings. The average Bonchev–Trinajstić information content (AvgIpc) is 3.24. The molecule has 2 heterocycles. The van der Waals surface area contributed by atoms with Gasteiger partial charge in [-0.05, 0) is 12.2 Å². The first-order chi connectivity index (χ1) is 10.7. The number of amides is 1. The zero-order valence-electron chi connectivity index (χ0n) is 12.4. The third-order valence-electron chi connectivity index (χ3n) is 3.87. The predicted octanol–water partition coefficient (Wildman–Crippen LogP) is 2.59. The van der Waals surface area contributed by atoms with E-state index in [1.807, 2.05) is 42.1 Å². The molecule has 0 radical (unpaired) electrons. The lowest BCUT2D eigenvalue weighted by atomic mass is 10.0. The van der Waals surface area contributed by atoms with E-state index in [9.17, 15) is 4.79 Å². The number of nitrogens with zero attached hydrogens (tertiary/aromatic N) is 1. The number of aromatic nitrogens is 1. The molecule has 1 atom stereocenters. The molecule has 6 heteroatoms. The van der Waals surface area contributed by atoms with E-state index in [1.165, 1.54) is 0 Å². The van der Waals surface area contributed by atoms with Crippen LogP contribution in [0, 0.1) is 0 Å². The van der Waals surface area contributed by atoms with Crippen LogP contribution in [0.25, 0.3) is 11.3 Å². The number of hydrogen-bond donors (Lipinski definition) is 1. The van der Waals surface area contributed by atoms with E-state index >= 15 is 0 Å². The first-order valence-electron chi connectivity index (χ1n) is 7.16. The van der Waals surface area contributed by atoms with Gasteiger partial charge in [-0.2, -0.15) is 11.8 Å². The highest BCUT2D eigenvalue weighted by atomic mass is 32.2. The van der Waals surface area contributed by atoms with Crippen molar-refractivity contribution >= 4 is 17.7 Å². The molecule has 0 bridgehead atoms. The molecular formula is C16H18N2O3S. The number of nitrogens with one attached hydrogen (secondary N) is 1. The normalized spacial score (nSPS) is 21.0. The highest BCUT2D eigenvalue weighted by molar-refractivity contribution is 7.99. The summed E-state index contributed by atoms with van der Waals surface area (Å²) in [6.07, 6.45) is 0.947. The van der Waals surface area contributed by atoms with Crippen LogP contribution < -0.4 is 5.32 Å². The highest BCUT2D eigenvalue weighted by Gasteiger charge is 2.34. The maximum Gasteiger partial charge on any atom is 0.273 e. The molecule has 1 saturated heterocycles. The lowest BCUT2D eigenvalue weighted by Crippen LogP contribution is -2.44. The molecule has 0 spiro atoms. The Morgan fingerprint density at radius 3 is 2.95 bits per heavy atom. The van der Waals surface area contributed by atoms with E-state index < -0.39 is 0 Å². The number of hydrogen-bond acceptors (Lipinski definition) is 5. The van der Waals surface area contributed by atoms with Crippen LogP contribution in [-0.4, -0.2) is 41.8 Å². The first kappa shape index (κ1) is 15.1. The van der Waals surface area contributed by atoms with Gasteiger partial charge in [0, 0.05) is 31.0 Å². The molecule has 2 aromatic rings. The fourth-order valence-electron chi connectivity index (χ4n) is 2.41. The van der Waals surface area contributed by atoms with Crippen molar-refractivity contribution in [2.45, 2.75) is 12.0 Å². The van der Waals surface area contributed by atoms with Gasteiger partial charge < -0.3 is 14.6 Å². The largest absolute Gasteiger partial charge is 0.376 e. The van der Waals surface area contributed by atoms with E-state index in [-0.39, 0.29) is 17.2 Å². The summed E-state index contributed by atoms with van der Waals surface area (Å²) >= 11 is 1.84. The summed E-state index contributed by atoms with van der Waals surface area (Å²) in [7, 11) is 1.70. The van der Waals surface area contributed by atoms with Crippen molar-refractivity contribution in [2.75, 3.05) is 25.2 Å². The maximum atomic E-state index is 12.2. The fraction of sp³-hybridized carbons (Fsp3) is 0.375. The van der Waals surface area contributed by atoms with Gasteiger partial charge in [0.15, 0.2) is 11.5 Å². The Labute approximate surface area is 133 Å². The van der Waals surface area contributed by atoms with Gasteiger partial charge in [-0.3, -0.25) is 4.79 Å². The minimum absolute atomic E-state index is 0.237. The second-order valence-electron chi connectivity index (χ2n) is 5.31. The number of thioether (sulfide) groups is 1. The van der Waals surface area contributed by atoms with Crippen LogP contribution in [-0.2, 0) is 4.74 Å². The van der Waals surface area contributed by atoms with Crippen LogP contribution in [0.3, 0.4) is 0 Å². The molecule has 1 N–H and O–H groups in total. The van der Waals surface area contributed by atoms with Crippen LogP contribution in [0.5, 0.6) is 0 Å². The lowest BCUT2D eigenvalue weighted by molar-refractivity contribution is 0.0136. The maximum absolute atomic E-state index is 12.2. The molecule has 1 aliphatic heterocycles. The monoisotopic (exact) mass is 318 g/mol. The molecule has 3 rings (SSSR count). The van der Waals surface area contributed by atoms with Crippen molar-refractivity contribution in [3.63, 3.8) is 0 Å². The van der Waals surface area contributed by atoms with Crippen LogP contribution in [0.4, 0.5) is 0 Å². The average molecular weight is 318 g/mol. The molecule has 1 fully saturated rings. The zero-order valence-corrected chi connectivity index (χ0v) is 13.2. The number of carbonyl (C=O) groups is 1. The van der Waals surface area contributed by atoms with Crippen LogP contribution in [0.1, 0.15) is 16.9 Å². The Hall–Kier alpha value is -1.79. The fourth-order valence-corrected chi connectivity index (χ4v) is 3.81. The predicted molar refractivity (Wildman–Crippen MR) is 86.0 cm³/mol. The number of carbonyl (C=O) groups excluding carboxylic acids is 1. The Kier molecular flexibility index (Phi) is 4.49. The number of methoxy groups -OCH3 is 1. The lowest BCUT2D eigenvalue weighted by Gasteiger charge is -2.26. The third kappa shape index (κ3) is 3.18. The number of rotatable bonds is 5. The van der Waals surface area contributed by atoms with Gasteiger partial charge in [-0.15, -0.1) is 0 Å². The summed E-state index contributed by atoms with van der Waals surface area (Å²) in [6.45, 7) is 0.489. The highest BCUT2D eigenvalue weighted by Crippen LogP contribution is 2.30. The molecule has 116 valence electrons. The van der Waals surface area contributed by atoms with Crippen LogP contribution in [0.2, 0.25) is 0 Å². The molecule has 1 aromatic heterocycles. The Bertz CT molecular complexity index is 636. The summed E-state index contributed by atoms with van der Waals surface area (Å²) in [5.41, 5.74) is 0.928. The van der Waals surface area contributed by atoms with E-state index in [1.54, 1.807) is 13.2 Å². The van der Waals surface area contributed by atoms with Crippen molar-refractivity contribution in [3.8, 4) is 11.3 Å². The molecule has 1 amide bonds. The molecule has 1 aromatic carbocycles. The summed E-state index contributed by atoms with van der Waals surface area (Å²) in [5.74, 6) is 2.31. The molecule has 22 heavy (non-hydrogen) atoms. The Balaban J connectivity index is 1.65. The van der Waals surface area contributed by atoms with E-state index in [4.69, 9.17) is 9.26 Å². The van der Waals surface area contributed by atoms with Gasteiger partial charge in [0.2, 0.25) is 0 Å². The van der Waals surface area contributed by atoms with Crippen LogP contribution in [0.15, 0.2) is 40.9 Å². The smallest absolute Gasteiger partial charge is 0.273 e. The van der Waals surface area contributed by atoms with Gasteiger partial charge >= 0.3 is 0 Å². The van der Waals surface area contributed by atoms with Crippen LogP contribution >= 0.6 is 11.8 Å². The SMILES string of the molecule is CO[C@]1(CNC(=O)c2cc(-c3ccccc3)on2)CCSC1. The van der Waals surface area contributed by atoms with Crippen molar-refractivity contribution in [1.29, 1.82) is 0 Å². The minimum atomic E-state index is -0.258. The minimum Gasteiger partial charge on any atom is -0.376 e. The topological polar surface area (TPSA) is 64.4 Å². The van der Waals surface area contributed by atoms with Crippen molar-refractivity contribution in [2.24, 2.45) is 0 Å². The van der Waals surface area contributed by atoms with Crippen molar-refractivity contribution < 1.29 is 14.1 Å².